The van der Waals surface area contributed by atoms with Gasteiger partial charge in [-0.2, -0.15) is 0 Å². The molecule has 80 valence electrons. The van der Waals surface area contributed by atoms with Crippen molar-refractivity contribution in [2.24, 2.45) is 0 Å². The smallest absolute Gasteiger partial charge is 0.159 e. The summed E-state index contributed by atoms with van der Waals surface area (Å²) in [7, 11) is 0. The van der Waals surface area contributed by atoms with Crippen LogP contribution in [0.5, 0.6) is 0 Å². The van der Waals surface area contributed by atoms with Gasteiger partial charge in [-0.1, -0.05) is 18.2 Å². The van der Waals surface area contributed by atoms with E-state index >= 15 is 0 Å². The Balaban J connectivity index is 2.42. The van der Waals surface area contributed by atoms with Gasteiger partial charge in [-0.25, -0.2) is 0 Å². The number of allylic oxidation sites excluding steroid dienone is 1. The third-order valence-electron chi connectivity index (χ3n) is 2.08. The molecule has 0 aliphatic rings. The Hall–Kier alpha value is -1.02. The molecular formula is C13H16OS. The lowest BCUT2D eigenvalue weighted by molar-refractivity contribution is 0.101. The van der Waals surface area contributed by atoms with E-state index in [0.717, 1.165) is 24.2 Å². The molecule has 0 N–H and O–H groups in total. The monoisotopic (exact) mass is 220 g/mol. The van der Waals surface area contributed by atoms with E-state index in [1.807, 2.05) is 42.1 Å². The summed E-state index contributed by atoms with van der Waals surface area (Å²) in [4.78, 5) is 12.3. The lowest BCUT2D eigenvalue weighted by atomic mass is 10.2. The fourth-order valence-electron chi connectivity index (χ4n) is 1.20. The van der Waals surface area contributed by atoms with Gasteiger partial charge in [0, 0.05) is 10.5 Å². The maximum absolute atomic E-state index is 11.0. The summed E-state index contributed by atoms with van der Waals surface area (Å²) in [6.07, 6.45) is 4.17. The van der Waals surface area contributed by atoms with Gasteiger partial charge < -0.3 is 0 Å². The van der Waals surface area contributed by atoms with Crippen molar-refractivity contribution in [2.45, 2.75) is 24.7 Å². The van der Waals surface area contributed by atoms with Crippen LogP contribution < -0.4 is 0 Å². The number of Topliss-reactive ketones (excluding diaryl/α,β-unsaturated/α-hetero) is 1. The molecule has 0 radical (unpaired) electrons. The van der Waals surface area contributed by atoms with Gasteiger partial charge in [0.25, 0.3) is 0 Å². The Morgan fingerprint density at radius 2 is 2.07 bits per heavy atom. The standard InChI is InChI=1S/C13H16OS/c1-3-4-5-10-15-13-8-6-12(7-9-13)11(2)14/h3,6-9H,1,4-5,10H2,2H3. The molecule has 0 atom stereocenters. The second kappa shape index (κ2) is 6.46. The number of rotatable bonds is 6. The molecule has 2 heteroatoms. The minimum absolute atomic E-state index is 0.123. The molecule has 0 bridgehead atoms. The number of unbranched alkanes of at least 4 members (excludes halogenated alkanes) is 1. The average Bonchev–Trinajstić information content (AvgIpc) is 2.25. The van der Waals surface area contributed by atoms with Crippen LogP contribution in [0.2, 0.25) is 0 Å². The molecule has 0 aliphatic heterocycles. The Morgan fingerprint density at radius 3 is 2.60 bits per heavy atom. The molecule has 0 unspecified atom stereocenters. The van der Waals surface area contributed by atoms with Gasteiger partial charge in [-0.3, -0.25) is 4.79 Å². The minimum Gasteiger partial charge on any atom is -0.295 e. The predicted octanol–water partition coefficient (Wildman–Crippen LogP) is 3.95. The van der Waals surface area contributed by atoms with Crippen molar-refractivity contribution in [1.82, 2.24) is 0 Å². The van der Waals surface area contributed by atoms with Gasteiger partial charge >= 0.3 is 0 Å². The maximum Gasteiger partial charge on any atom is 0.159 e. The zero-order valence-corrected chi connectivity index (χ0v) is 9.85. The number of thioether (sulfide) groups is 1. The molecule has 0 amide bonds. The fourth-order valence-corrected chi connectivity index (χ4v) is 2.08. The summed E-state index contributed by atoms with van der Waals surface area (Å²) in [6, 6.07) is 7.79. The molecule has 0 saturated carbocycles. The van der Waals surface area contributed by atoms with Crippen LogP contribution in [-0.2, 0) is 0 Å². The molecule has 1 rings (SSSR count). The van der Waals surface area contributed by atoms with Crippen molar-refractivity contribution in [2.75, 3.05) is 5.75 Å². The zero-order valence-electron chi connectivity index (χ0n) is 9.03. The lowest BCUT2D eigenvalue weighted by Gasteiger charge is -2.01. The number of hydrogen-bond acceptors (Lipinski definition) is 2. The molecular weight excluding hydrogens is 204 g/mol. The fraction of sp³-hybridized carbons (Fsp3) is 0.308. The summed E-state index contributed by atoms with van der Waals surface area (Å²) in [6.45, 7) is 5.28. The van der Waals surface area contributed by atoms with Gasteiger partial charge in [-0.05, 0) is 37.7 Å². The van der Waals surface area contributed by atoms with Gasteiger partial charge in [0.2, 0.25) is 0 Å². The topological polar surface area (TPSA) is 17.1 Å². The molecule has 0 heterocycles. The van der Waals surface area contributed by atoms with Crippen molar-refractivity contribution in [1.29, 1.82) is 0 Å². The molecule has 0 aliphatic carbocycles. The van der Waals surface area contributed by atoms with Crippen molar-refractivity contribution >= 4 is 17.5 Å². The van der Waals surface area contributed by atoms with E-state index in [2.05, 4.69) is 6.58 Å². The van der Waals surface area contributed by atoms with Gasteiger partial charge in [0.05, 0.1) is 0 Å². The van der Waals surface area contributed by atoms with E-state index in [1.54, 1.807) is 6.92 Å². The predicted molar refractivity (Wildman–Crippen MR) is 66.6 cm³/mol. The van der Waals surface area contributed by atoms with Gasteiger partial charge in [0.1, 0.15) is 0 Å². The Morgan fingerprint density at radius 1 is 1.40 bits per heavy atom. The van der Waals surface area contributed by atoms with Gasteiger partial charge in [0.15, 0.2) is 5.78 Å². The van der Waals surface area contributed by atoms with Crippen LogP contribution in [0.4, 0.5) is 0 Å². The summed E-state index contributed by atoms with van der Waals surface area (Å²) < 4.78 is 0. The van der Waals surface area contributed by atoms with E-state index in [4.69, 9.17) is 0 Å². The number of carbonyl (C=O) groups excluding carboxylic acids is 1. The number of carbonyl (C=O) groups is 1. The largest absolute Gasteiger partial charge is 0.295 e. The van der Waals surface area contributed by atoms with Crippen LogP contribution in [0.1, 0.15) is 30.1 Å². The van der Waals surface area contributed by atoms with E-state index in [9.17, 15) is 4.79 Å². The van der Waals surface area contributed by atoms with Crippen LogP contribution in [0, 0.1) is 0 Å². The minimum atomic E-state index is 0.123. The van der Waals surface area contributed by atoms with Gasteiger partial charge in [-0.15, -0.1) is 18.3 Å². The number of ketones is 1. The quantitative estimate of drug-likeness (QED) is 0.312. The Labute approximate surface area is 95.6 Å². The van der Waals surface area contributed by atoms with Crippen LogP contribution in [0.15, 0.2) is 41.8 Å². The molecule has 1 aromatic carbocycles. The first-order valence-electron chi connectivity index (χ1n) is 5.08. The van der Waals surface area contributed by atoms with E-state index < -0.39 is 0 Å². The van der Waals surface area contributed by atoms with Crippen LogP contribution in [0.25, 0.3) is 0 Å². The Kier molecular flexibility index (Phi) is 5.19. The summed E-state index contributed by atoms with van der Waals surface area (Å²) in [5.74, 6) is 1.23. The molecule has 1 nitrogen and oxygen atoms in total. The first-order chi connectivity index (χ1) is 7.24. The SMILES string of the molecule is C=CCCCSc1ccc(C(C)=O)cc1. The van der Waals surface area contributed by atoms with Crippen molar-refractivity contribution in [3.05, 3.63) is 42.5 Å². The maximum atomic E-state index is 11.0. The molecule has 0 aromatic heterocycles. The molecule has 15 heavy (non-hydrogen) atoms. The van der Waals surface area contributed by atoms with Crippen LogP contribution in [-0.4, -0.2) is 11.5 Å². The second-order valence-corrected chi connectivity index (χ2v) is 4.53. The number of hydrogen-bond donors (Lipinski definition) is 0. The zero-order chi connectivity index (χ0) is 11.1. The third-order valence-corrected chi connectivity index (χ3v) is 3.18. The normalized spacial score (nSPS) is 9.93. The van der Waals surface area contributed by atoms with Crippen LogP contribution in [0.3, 0.4) is 0 Å². The van der Waals surface area contributed by atoms with Crippen LogP contribution >= 0.6 is 11.8 Å². The summed E-state index contributed by atoms with van der Waals surface area (Å²) >= 11 is 1.82. The lowest BCUT2D eigenvalue weighted by Crippen LogP contribution is -1.90. The molecule has 0 spiro atoms. The summed E-state index contributed by atoms with van der Waals surface area (Å²) in [5, 5.41) is 0. The first-order valence-corrected chi connectivity index (χ1v) is 6.07. The molecule has 0 fully saturated rings. The van der Waals surface area contributed by atoms with Crippen molar-refractivity contribution < 1.29 is 4.79 Å². The molecule has 1 aromatic rings. The van der Waals surface area contributed by atoms with E-state index in [1.165, 1.54) is 4.90 Å². The Bertz CT molecular complexity index is 327. The highest BCUT2D eigenvalue weighted by molar-refractivity contribution is 7.99. The van der Waals surface area contributed by atoms with Crippen molar-refractivity contribution in [3.8, 4) is 0 Å². The average molecular weight is 220 g/mol. The van der Waals surface area contributed by atoms with Crippen molar-refractivity contribution in [3.63, 3.8) is 0 Å². The summed E-state index contributed by atoms with van der Waals surface area (Å²) in [5.41, 5.74) is 0.783. The molecule has 0 saturated heterocycles. The highest BCUT2D eigenvalue weighted by atomic mass is 32.2. The first kappa shape index (κ1) is 12.1. The third kappa shape index (κ3) is 4.34. The highest BCUT2D eigenvalue weighted by Gasteiger charge is 1.98. The number of benzene rings is 1. The second-order valence-electron chi connectivity index (χ2n) is 3.36. The van der Waals surface area contributed by atoms with E-state index in [-0.39, 0.29) is 5.78 Å². The van der Waals surface area contributed by atoms with E-state index in [0.29, 0.717) is 0 Å². The highest BCUT2D eigenvalue weighted by Crippen LogP contribution is 2.19.